The van der Waals surface area contributed by atoms with Gasteiger partial charge in [-0.15, -0.1) is 0 Å². The van der Waals surface area contributed by atoms with Gasteiger partial charge in [-0.3, -0.25) is 4.79 Å². The Morgan fingerprint density at radius 2 is 1.92 bits per heavy atom. The highest BCUT2D eigenvalue weighted by Gasteiger charge is 2.17. The van der Waals surface area contributed by atoms with Crippen molar-refractivity contribution in [2.75, 3.05) is 56.4 Å². The molecule has 204 valence electrons. The molecule has 0 fully saturated rings. The molecule has 2 heterocycles. The van der Waals surface area contributed by atoms with Gasteiger partial charge in [0, 0.05) is 62.1 Å². The van der Waals surface area contributed by atoms with Gasteiger partial charge in [0.2, 0.25) is 11.9 Å². The third-order valence-electron chi connectivity index (χ3n) is 6.67. The van der Waals surface area contributed by atoms with Crippen molar-refractivity contribution in [1.82, 2.24) is 19.4 Å². The SMILES string of the molecule is C=CC(=O)Nc1cc(Nc2nccc(-c3cn(C)c4ccccc34)n2)c(OC)cc1N(C)CCN(C)CCC. The van der Waals surface area contributed by atoms with Gasteiger partial charge in [-0.25, -0.2) is 9.97 Å². The standard InChI is InChI=1S/C30H37N7O2/c1-7-15-35(3)16-17-36(4)27-19-28(39-6)25(18-24(27)32-29(38)8-2)34-30-31-14-13-23(33-30)22-20-37(5)26-12-10-9-11-21(22)26/h8-14,18-20H,2,7,15-17H2,1,3-6H3,(H,32,38)(H,31,33,34). The number of nitrogens with one attached hydrogen (secondary N) is 2. The molecule has 0 unspecified atom stereocenters. The Hall–Kier alpha value is -4.37. The van der Waals surface area contributed by atoms with Crippen molar-refractivity contribution in [3.8, 4) is 17.0 Å². The minimum absolute atomic E-state index is 0.293. The molecule has 39 heavy (non-hydrogen) atoms. The van der Waals surface area contributed by atoms with Crippen molar-refractivity contribution >= 4 is 39.8 Å². The number of aromatic nitrogens is 3. The molecule has 1 amide bonds. The zero-order valence-electron chi connectivity index (χ0n) is 23.4. The number of benzene rings is 2. The molecule has 0 spiro atoms. The van der Waals surface area contributed by atoms with Crippen molar-refractivity contribution < 1.29 is 9.53 Å². The lowest BCUT2D eigenvalue weighted by molar-refractivity contribution is -0.111. The fourth-order valence-electron chi connectivity index (χ4n) is 4.61. The number of para-hydroxylation sites is 1. The van der Waals surface area contributed by atoms with Gasteiger partial charge in [0.05, 0.1) is 29.9 Å². The van der Waals surface area contributed by atoms with Crippen LogP contribution in [0.3, 0.4) is 0 Å². The Balaban J connectivity index is 1.67. The third-order valence-corrected chi connectivity index (χ3v) is 6.67. The third kappa shape index (κ3) is 6.38. The number of rotatable bonds is 12. The summed E-state index contributed by atoms with van der Waals surface area (Å²) < 4.78 is 7.83. The fourth-order valence-corrected chi connectivity index (χ4v) is 4.61. The summed E-state index contributed by atoms with van der Waals surface area (Å²) in [6.45, 7) is 8.46. The van der Waals surface area contributed by atoms with Crippen LogP contribution in [0.5, 0.6) is 5.75 Å². The Labute approximate surface area is 230 Å². The number of nitrogens with zero attached hydrogens (tertiary/aromatic N) is 5. The number of aryl methyl sites for hydroxylation is 1. The van der Waals surface area contributed by atoms with Gasteiger partial charge in [-0.2, -0.15) is 0 Å². The second kappa shape index (κ2) is 12.4. The highest BCUT2D eigenvalue weighted by molar-refractivity contribution is 6.02. The number of amides is 1. The van der Waals surface area contributed by atoms with E-state index in [0.29, 0.717) is 23.1 Å². The van der Waals surface area contributed by atoms with E-state index in [1.165, 1.54) is 6.08 Å². The van der Waals surface area contributed by atoms with Gasteiger partial charge in [0.1, 0.15) is 5.75 Å². The van der Waals surface area contributed by atoms with Gasteiger partial charge in [0.25, 0.3) is 0 Å². The number of hydrogen-bond acceptors (Lipinski definition) is 7. The normalized spacial score (nSPS) is 11.0. The molecule has 0 saturated carbocycles. The maximum absolute atomic E-state index is 12.3. The zero-order valence-corrected chi connectivity index (χ0v) is 23.4. The van der Waals surface area contributed by atoms with Crippen molar-refractivity contribution in [3.63, 3.8) is 0 Å². The smallest absolute Gasteiger partial charge is 0.247 e. The largest absolute Gasteiger partial charge is 0.494 e. The van der Waals surface area contributed by atoms with E-state index in [1.54, 1.807) is 13.3 Å². The van der Waals surface area contributed by atoms with E-state index in [-0.39, 0.29) is 5.91 Å². The van der Waals surface area contributed by atoms with Crippen LogP contribution in [0.1, 0.15) is 13.3 Å². The minimum Gasteiger partial charge on any atom is -0.494 e. The minimum atomic E-state index is -0.293. The molecule has 4 rings (SSSR count). The van der Waals surface area contributed by atoms with Crippen molar-refractivity contribution in [3.05, 3.63) is 67.5 Å². The molecule has 0 aliphatic heterocycles. The second-order valence-corrected chi connectivity index (χ2v) is 9.55. The van der Waals surface area contributed by atoms with Crippen LogP contribution in [0, 0.1) is 0 Å². The Morgan fingerprint density at radius 3 is 2.67 bits per heavy atom. The highest BCUT2D eigenvalue weighted by atomic mass is 16.5. The van der Waals surface area contributed by atoms with E-state index in [0.717, 1.165) is 53.9 Å². The van der Waals surface area contributed by atoms with E-state index >= 15 is 0 Å². The average Bonchev–Trinajstić information content (AvgIpc) is 3.28. The molecule has 2 aromatic carbocycles. The molecular formula is C30H37N7O2. The zero-order chi connectivity index (χ0) is 27.9. The summed E-state index contributed by atoms with van der Waals surface area (Å²) in [5, 5.41) is 7.35. The predicted octanol–water partition coefficient (Wildman–Crippen LogP) is 5.29. The topological polar surface area (TPSA) is 87.5 Å². The van der Waals surface area contributed by atoms with Crippen molar-refractivity contribution in [2.24, 2.45) is 7.05 Å². The molecule has 0 bridgehead atoms. The number of ether oxygens (including phenoxy) is 1. The second-order valence-electron chi connectivity index (χ2n) is 9.55. The first-order valence-corrected chi connectivity index (χ1v) is 13.0. The molecule has 2 aromatic heterocycles. The summed E-state index contributed by atoms with van der Waals surface area (Å²) in [6, 6.07) is 13.9. The van der Waals surface area contributed by atoms with E-state index in [4.69, 9.17) is 9.72 Å². The first-order chi connectivity index (χ1) is 18.8. The number of fused-ring (bicyclic) bond motifs is 1. The summed E-state index contributed by atoms with van der Waals surface area (Å²) in [6.07, 6.45) is 6.16. The van der Waals surface area contributed by atoms with Crippen LogP contribution in [0.25, 0.3) is 22.2 Å². The molecule has 9 nitrogen and oxygen atoms in total. The lowest BCUT2D eigenvalue weighted by atomic mass is 10.1. The molecule has 9 heteroatoms. The van der Waals surface area contributed by atoms with Crippen LogP contribution in [-0.4, -0.2) is 66.2 Å². The molecule has 0 aliphatic rings. The molecule has 0 radical (unpaired) electrons. The van der Waals surface area contributed by atoms with Crippen LogP contribution in [0.4, 0.5) is 23.0 Å². The summed E-state index contributed by atoms with van der Waals surface area (Å²) in [4.78, 5) is 25.9. The molecule has 0 atom stereocenters. The number of hydrogen-bond donors (Lipinski definition) is 2. The van der Waals surface area contributed by atoms with Gasteiger partial charge >= 0.3 is 0 Å². The average molecular weight is 528 g/mol. The van der Waals surface area contributed by atoms with E-state index in [2.05, 4.69) is 68.9 Å². The number of carbonyl (C=O) groups excluding carboxylic acids is 1. The number of methoxy groups -OCH3 is 1. The quantitative estimate of drug-likeness (QED) is 0.242. The lowest BCUT2D eigenvalue weighted by Crippen LogP contribution is -2.31. The first-order valence-electron chi connectivity index (χ1n) is 13.0. The molecule has 2 N–H and O–H groups in total. The Kier molecular flexibility index (Phi) is 8.83. The predicted molar refractivity (Wildman–Crippen MR) is 160 cm³/mol. The first kappa shape index (κ1) is 27.7. The number of carbonyl (C=O) groups is 1. The van der Waals surface area contributed by atoms with Gasteiger partial charge in [-0.05, 0) is 44.3 Å². The number of anilines is 4. The van der Waals surface area contributed by atoms with Crippen LogP contribution >= 0.6 is 0 Å². The molecule has 0 aliphatic carbocycles. The monoisotopic (exact) mass is 527 g/mol. The molecular weight excluding hydrogens is 490 g/mol. The summed E-state index contributed by atoms with van der Waals surface area (Å²) >= 11 is 0. The maximum atomic E-state index is 12.3. The fraction of sp³-hybridized carbons (Fsp3) is 0.300. The molecule has 0 saturated heterocycles. The Morgan fingerprint density at radius 1 is 1.13 bits per heavy atom. The van der Waals surface area contributed by atoms with Crippen LogP contribution in [0.15, 0.2) is 67.5 Å². The van der Waals surface area contributed by atoms with Crippen molar-refractivity contribution in [1.29, 1.82) is 0 Å². The number of likely N-dealkylation sites (N-methyl/N-ethyl adjacent to an activating group) is 2. The van der Waals surface area contributed by atoms with E-state index < -0.39 is 0 Å². The van der Waals surface area contributed by atoms with Gasteiger partial charge in [-0.1, -0.05) is 31.7 Å². The summed E-state index contributed by atoms with van der Waals surface area (Å²) in [5.41, 5.74) is 5.06. The van der Waals surface area contributed by atoms with E-state index in [1.807, 2.05) is 44.4 Å². The van der Waals surface area contributed by atoms with Crippen LogP contribution in [-0.2, 0) is 11.8 Å². The van der Waals surface area contributed by atoms with Crippen LogP contribution < -0.4 is 20.3 Å². The van der Waals surface area contributed by atoms with Gasteiger partial charge in [0.15, 0.2) is 0 Å². The Bertz CT molecular complexity index is 1460. The molecule has 4 aromatic rings. The van der Waals surface area contributed by atoms with Crippen molar-refractivity contribution in [2.45, 2.75) is 13.3 Å². The maximum Gasteiger partial charge on any atom is 0.247 e. The highest BCUT2D eigenvalue weighted by Crippen LogP contribution is 2.38. The van der Waals surface area contributed by atoms with Gasteiger partial charge < -0.3 is 29.7 Å². The lowest BCUT2D eigenvalue weighted by Gasteiger charge is -2.26. The summed E-state index contributed by atoms with van der Waals surface area (Å²) in [7, 11) is 7.75. The summed E-state index contributed by atoms with van der Waals surface area (Å²) in [5.74, 6) is 0.731. The van der Waals surface area contributed by atoms with E-state index in [9.17, 15) is 4.79 Å². The van der Waals surface area contributed by atoms with Crippen LogP contribution in [0.2, 0.25) is 0 Å².